The second kappa shape index (κ2) is 8.67. The highest BCUT2D eigenvalue weighted by atomic mass is 35.5. The topological polar surface area (TPSA) is 88.9 Å². The molecule has 1 aromatic heterocycles. The van der Waals surface area contributed by atoms with E-state index >= 15 is 0 Å². The van der Waals surface area contributed by atoms with Gasteiger partial charge >= 0.3 is 0 Å². The standard InChI is InChI=1S/C22H24ClN5O2/c1-12-8-14(3)20(15(4)9-12)25-22(30)21-16(5)28(27-26-21)11-19(29)24-17-7-6-13(2)18(23)10-17/h6-10H,11H2,1-5H3,(H,24,29)(H,25,30). The molecule has 0 bridgehead atoms. The highest BCUT2D eigenvalue weighted by Gasteiger charge is 2.19. The maximum absolute atomic E-state index is 12.7. The fourth-order valence-electron chi connectivity index (χ4n) is 3.28. The number of halogens is 1. The summed E-state index contributed by atoms with van der Waals surface area (Å²) in [4.78, 5) is 25.1. The molecule has 0 saturated heterocycles. The van der Waals surface area contributed by atoms with Crippen LogP contribution in [0.15, 0.2) is 30.3 Å². The number of aryl methyl sites for hydroxylation is 4. The van der Waals surface area contributed by atoms with Gasteiger partial charge in [-0.1, -0.05) is 40.6 Å². The number of carbonyl (C=O) groups is 2. The fraction of sp³-hybridized carbons (Fsp3) is 0.273. The average Bonchev–Trinajstić information content (AvgIpc) is 3.01. The summed E-state index contributed by atoms with van der Waals surface area (Å²) in [6, 6.07) is 9.31. The number of amides is 2. The Hall–Kier alpha value is -3.19. The highest BCUT2D eigenvalue weighted by Crippen LogP contribution is 2.23. The molecule has 3 aromatic rings. The summed E-state index contributed by atoms with van der Waals surface area (Å²) < 4.78 is 1.40. The SMILES string of the molecule is Cc1cc(C)c(NC(=O)c2nnn(CC(=O)Nc3ccc(C)c(Cl)c3)c2C)c(C)c1. The molecule has 0 spiro atoms. The molecule has 0 atom stereocenters. The number of rotatable bonds is 5. The molecule has 156 valence electrons. The van der Waals surface area contributed by atoms with Crippen molar-refractivity contribution >= 4 is 34.8 Å². The van der Waals surface area contributed by atoms with Crippen LogP contribution in [-0.2, 0) is 11.3 Å². The van der Waals surface area contributed by atoms with Gasteiger partial charge in [-0.2, -0.15) is 0 Å². The predicted octanol–water partition coefficient (Wildman–Crippen LogP) is 4.36. The Morgan fingerprint density at radius 1 is 0.967 bits per heavy atom. The quantitative estimate of drug-likeness (QED) is 0.635. The van der Waals surface area contributed by atoms with Crippen LogP contribution in [0.3, 0.4) is 0 Å². The summed E-state index contributed by atoms with van der Waals surface area (Å²) in [6.07, 6.45) is 0. The van der Waals surface area contributed by atoms with Crippen molar-refractivity contribution in [3.05, 3.63) is 69.0 Å². The lowest BCUT2D eigenvalue weighted by Crippen LogP contribution is -2.21. The van der Waals surface area contributed by atoms with Crippen LogP contribution in [0, 0.1) is 34.6 Å². The summed E-state index contributed by atoms with van der Waals surface area (Å²) in [6.45, 7) is 9.43. The zero-order valence-corrected chi connectivity index (χ0v) is 18.4. The highest BCUT2D eigenvalue weighted by molar-refractivity contribution is 6.31. The van der Waals surface area contributed by atoms with Crippen LogP contribution in [0.5, 0.6) is 0 Å². The maximum Gasteiger partial charge on any atom is 0.278 e. The van der Waals surface area contributed by atoms with Crippen LogP contribution in [0.4, 0.5) is 11.4 Å². The number of aromatic nitrogens is 3. The van der Waals surface area contributed by atoms with Crippen molar-refractivity contribution < 1.29 is 9.59 Å². The number of hydrogen-bond donors (Lipinski definition) is 2. The van der Waals surface area contributed by atoms with E-state index in [1.54, 1.807) is 19.1 Å². The first-order valence-corrected chi connectivity index (χ1v) is 9.88. The van der Waals surface area contributed by atoms with E-state index in [9.17, 15) is 9.59 Å². The van der Waals surface area contributed by atoms with Gasteiger partial charge in [-0.3, -0.25) is 9.59 Å². The van der Waals surface area contributed by atoms with Crippen molar-refractivity contribution in [1.29, 1.82) is 0 Å². The fourth-order valence-corrected chi connectivity index (χ4v) is 3.46. The van der Waals surface area contributed by atoms with Gasteiger partial charge in [0, 0.05) is 16.4 Å². The maximum atomic E-state index is 12.7. The molecule has 2 N–H and O–H groups in total. The van der Waals surface area contributed by atoms with E-state index in [0.29, 0.717) is 16.4 Å². The summed E-state index contributed by atoms with van der Waals surface area (Å²) in [5.74, 6) is -0.653. The lowest BCUT2D eigenvalue weighted by atomic mass is 10.0. The Morgan fingerprint density at radius 3 is 2.27 bits per heavy atom. The second-order valence-corrected chi connectivity index (χ2v) is 7.83. The zero-order valence-electron chi connectivity index (χ0n) is 17.6. The summed E-state index contributed by atoms with van der Waals surface area (Å²) in [7, 11) is 0. The van der Waals surface area contributed by atoms with Crippen LogP contribution >= 0.6 is 11.6 Å². The number of anilines is 2. The van der Waals surface area contributed by atoms with Gasteiger partial charge in [-0.25, -0.2) is 4.68 Å². The van der Waals surface area contributed by atoms with E-state index < -0.39 is 0 Å². The number of carbonyl (C=O) groups excluding carboxylic acids is 2. The molecule has 2 amide bonds. The van der Waals surface area contributed by atoms with Crippen molar-refractivity contribution in [2.24, 2.45) is 0 Å². The summed E-state index contributed by atoms with van der Waals surface area (Å²) >= 11 is 6.09. The monoisotopic (exact) mass is 425 g/mol. The summed E-state index contributed by atoms with van der Waals surface area (Å²) in [5.41, 5.74) is 6.05. The first kappa shape index (κ1) is 21.5. The number of benzene rings is 2. The molecule has 2 aromatic carbocycles. The van der Waals surface area contributed by atoms with Crippen LogP contribution in [-0.4, -0.2) is 26.8 Å². The van der Waals surface area contributed by atoms with E-state index in [0.717, 1.165) is 27.9 Å². The van der Waals surface area contributed by atoms with E-state index in [-0.39, 0.29) is 24.1 Å². The molecule has 1 heterocycles. The van der Waals surface area contributed by atoms with E-state index in [1.807, 2.05) is 45.9 Å². The normalized spacial score (nSPS) is 10.7. The molecule has 7 nitrogen and oxygen atoms in total. The van der Waals surface area contributed by atoms with E-state index in [2.05, 4.69) is 20.9 Å². The molecule has 0 radical (unpaired) electrons. The second-order valence-electron chi connectivity index (χ2n) is 7.42. The first-order chi connectivity index (χ1) is 14.2. The largest absolute Gasteiger partial charge is 0.324 e. The minimum absolute atomic E-state index is 0.0692. The average molecular weight is 426 g/mol. The molecular formula is C22H24ClN5O2. The van der Waals surface area contributed by atoms with Gasteiger partial charge in [0.05, 0.1) is 5.69 Å². The van der Waals surface area contributed by atoms with Crippen LogP contribution < -0.4 is 10.6 Å². The predicted molar refractivity (Wildman–Crippen MR) is 118 cm³/mol. The molecule has 0 aliphatic rings. The van der Waals surface area contributed by atoms with Crippen molar-refractivity contribution in [3.63, 3.8) is 0 Å². The van der Waals surface area contributed by atoms with Crippen LogP contribution in [0.2, 0.25) is 5.02 Å². The smallest absolute Gasteiger partial charge is 0.278 e. The molecule has 0 saturated carbocycles. The summed E-state index contributed by atoms with van der Waals surface area (Å²) in [5, 5.41) is 14.2. The Labute approximate surface area is 180 Å². The number of hydrogen-bond acceptors (Lipinski definition) is 4. The zero-order chi connectivity index (χ0) is 22.0. The number of nitrogens with zero attached hydrogens (tertiary/aromatic N) is 3. The first-order valence-electron chi connectivity index (χ1n) is 9.51. The molecular weight excluding hydrogens is 402 g/mol. The van der Waals surface area contributed by atoms with Crippen molar-refractivity contribution in [3.8, 4) is 0 Å². The minimum Gasteiger partial charge on any atom is -0.324 e. The Balaban J connectivity index is 1.71. The Bertz CT molecular complexity index is 1110. The van der Waals surface area contributed by atoms with Crippen molar-refractivity contribution in [2.75, 3.05) is 10.6 Å². The van der Waals surface area contributed by atoms with Crippen LogP contribution in [0.1, 0.15) is 38.4 Å². The third-order valence-electron chi connectivity index (χ3n) is 4.86. The van der Waals surface area contributed by atoms with Crippen LogP contribution in [0.25, 0.3) is 0 Å². The van der Waals surface area contributed by atoms with E-state index in [4.69, 9.17) is 11.6 Å². The Morgan fingerprint density at radius 2 is 1.63 bits per heavy atom. The molecule has 3 rings (SSSR count). The third-order valence-corrected chi connectivity index (χ3v) is 5.27. The lowest BCUT2D eigenvalue weighted by Gasteiger charge is -2.12. The third kappa shape index (κ3) is 4.68. The molecule has 0 unspecified atom stereocenters. The molecule has 30 heavy (non-hydrogen) atoms. The lowest BCUT2D eigenvalue weighted by molar-refractivity contribution is -0.117. The van der Waals surface area contributed by atoms with Gasteiger partial charge in [0.2, 0.25) is 5.91 Å². The number of nitrogens with one attached hydrogen (secondary N) is 2. The molecule has 0 aliphatic carbocycles. The molecule has 0 aliphatic heterocycles. The van der Waals surface area contributed by atoms with Gasteiger partial charge in [-0.05, 0) is 63.4 Å². The van der Waals surface area contributed by atoms with Gasteiger partial charge in [-0.15, -0.1) is 5.10 Å². The minimum atomic E-state index is -0.362. The van der Waals surface area contributed by atoms with Gasteiger partial charge in [0.15, 0.2) is 5.69 Å². The van der Waals surface area contributed by atoms with Crippen molar-refractivity contribution in [2.45, 2.75) is 41.2 Å². The molecule has 0 fully saturated rings. The van der Waals surface area contributed by atoms with Gasteiger partial charge < -0.3 is 10.6 Å². The Kier molecular flexibility index (Phi) is 6.22. The van der Waals surface area contributed by atoms with E-state index in [1.165, 1.54) is 4.68 Å². The molecule has 8 heteroatoms. The van der Waals surface area contributed by atoms with Gasteiger partial charge in [0.1, 0.15) is 6.54 Å². The van der Waals surface area contributed by atoms with Gasteiger partial charge in [0.25, 0.3) is 5.91 Å². The van der Waals surface area contributed by atoms with Crippen molar-refractivity contribution in [1.82, 2.24) is 15.0 Å².